The summed E-state index contributed by atoms with van der Waals surface area (Å²) in [6.07, 6.45) is 1.82. The standard InChI is InChI=1S/C15H19ClN4/c1-4-17-15-18-9-10(2)14(20-15)19-11(3)12-5-7-13(16)8-6-12/h5-9,11H,4H2,1-3H3,(H2,17,18,19,20). The van der Waals surface area contributed by atoms with Crippen molar-refractivity contribution in [1.82, 2.24) is 9.97 Å². The van der Waals surface area contributed by atoms with Crippen LogP contribution >= 0.6 is 11.6 Å². The number of hydrogen-bond acceptors (Lipinski definition) is 4. The van der Waals surface area contributed by atoms with E-state index in [1.807, 2.05) is 44.3 Å². The van der Waals surface area contributed by atoms with Crippen LogP contribution in [0.25, 0.3) is 0 Å². The Morgan fingerprint density at radius 2 is 1.95 bits per heavy atom. The van der Waals surface area contributed by atoms with Crippen LogP contribution in [0.1, 0.15) is 31.0 Å². The zero-order valence-electron chi connectivity index (χ0n) is 11.9. The zero-order chi connectivity index (χ0) is 14.5. The van der Waals surface area contributed by atoms with Crippen LogP contribution in [0.5, 0.6) is 0 Å². The van der Waals surface area contributed by atoms with Crippen molar-refractivity contribution in [2.45, 2.75) is 26.8 Å². The maximum Gasteiger partial charge on any atom is 0.224 e. The second kappa shape index (κ2) is 6.57. The lowest BCUT2D eigenvalue weighted by atomic mass is 10.1. The molecule has 2 N–H and O–H groups in total. The van der Waals surface area contributed by atoms with Crippen molar-refractivity contribution in [1.29, 1.82) is 0 Å². The summed E-state index contributed by atoms with van der Waals surface area (Å²) in [5, 5.41) is 7.27. The average molecular weight is 291 g/mol. The van der Waals surface area contributed by atoms with Crippen molar-refractivity contribution in [3.63, 3.8) is 0 Å². The normalized spacial score (nSPS) is 12.0. The van der Waals surface area contributed by atoms with E-state index in [1.165, 1.54) is 0 Å². The molecule has 20 heavy (non-hydrogen) atoms. The highest BCUT2D eigenvalue weighted by Gasteiger charge is 2.09. The minimum Gasteiger partial charge on any atom is -0.363 e. The highest BCUT2D eigenvalue weighted by Crippen LogP contribution is 2.22. The highest BCUT2D eigenvalue weighted by atomic mass is 35.5. The van der Waals surface area contributed by atoms with Crippen molar-refractivity contribution in [3.8, 4) is 0 Å². The fourth-order valence-electron chi connectivity index (χ4n) is 1.87. The molecule has 1 unspecified atom stereocenters. The third-order valence-corrected chi connectivity index (χ3v) is 3.28. The van der Waals surface area contributed by atoms with Crippen molar-refractivity contribution in [3.05, 3.63) is 46.6 Å². The van der Waals surface area contributed by atoms with E-state index >= 15 is 0 Å². The first-order valence-electron chi connectivity index (χ1n) is 6.69. The summed E-state index contributed by atoms with van der Waals surface area (Å²) in [5.41, 5.74) is 2.19. The SMILES string of the molecule is CCNc1ncc(C)c(NC(C)c2ccc(Cl)cc2)n1. The molecule has 0 amide bonds. The van der Waals surface area contributed by atoms with E-state index in [2.05, 4.69) is 27.5 Å². The summed E-state index contributed by atoms with van der Waals surface area (Å²) >= 11 is 5.91. The first-order valence-corrected chi connectivity index (χ1v) is 7.07. The van der Waals surface area contributed by atoms with Gasteiger partial charge in [0, 0.05) is 29.4 Å². The van der Waals surface area contributed by atoms with Crippen LogP contribution in [-0.4, -0.2) is 16.5 Å². The minimum absolute atomic E-state index is 0.148. The summed E-state index contributed by atoms with van der Waals surface area (Å²) in [6.45, 7) is 6.91. The van der Waals surface area contributed by atoms with Gasteiger partial charge in [-0.2, -0.15) is 4.98 Å². The molecule has 1 aromatic heterocycles. The van der Waals surface area contributed by atoms with E-state index in [9.17, 15) is 0 Å². The maximum absolute atomic E-state index is 5.91. The Labute approximate surface area is 124 Å². The van der Waals surface area contributed by atoms with Crippen LogP contribution in [0, 0.1) is 6.92 Å². The average Bonchev–Trinajstić information content (AvgIpc) is 2.43. The Morgan fingerprint density at radius 1 is 1.25 bits per heavy atom. The van der Waals surface area contributed by atoms with Gasteiger partial charge in [0.25, 0.3) is 0 Å². The molecule has 0 aliphatic rings. The Balaban J connectivity index is 2.16. The van der Waals surface area contributed by atoms with Crippen LogP contribution in [0.4, 0.5) is 11.8 Å². The summed E-state index contributed by atoms with van der Waals surface area (Å²) in [7, 11) is 0. The number of hydrogen-bond donors (Lipinski definition) is 2. The van der Waals surface area contributed by atoms with Gasteiger partial charge in [0.2, 0.25) is 5.95 Å². The number of aromatic nitrogens is 2. The lowest BCUT2D eigenvalue weighted by Crippen LogP contribution is -2.11. The van der Waals surface area contributed by atoms with Gasteiger partial charge >= 0.3 is 0 Å². The Hall–Kier alpha value is -1.81. The summed E-state index contributed by atoms with van der Waals surface area (Å²) in [4.78, 5) is 8.73. The van der Waals surface area contributed by atoms with E-state index < -0.39 is 0 Å². The summed E-state index contributed by atoms with van der Waals surface area (Å²) < 4.78 is 0. The molecule has 1 heterocycles. The minimum atomic E-state index is 0.148. The molecule has 0 aliphatic carbocycles. The largest absolute Gasteiger partial charge is 0.363 e. The molecular weight excluding hydrogens is 272 g/mol. The van der Waals surface area contributed by atoms with E-state index in [4.69, 9.17) is 11.6 Å². The number of benzene rings is 1. The lowest BCUT2D eigenvalue weighted by molar-refractivity contribution is 0.868. The molecule has 4 nitrogen and oxygen atoms in total. The number of aryl methyl sites for hydroxylation is 1. The quantitative estimate of drug-likeness (QED) is 0.872. The first-order chi connectivity index (χ1) is 9.60. The molecule has 2 rings (SSSR count). The Kier molecular flexibility index (Phi) is 4.79. The molecule has 0 bridgehead atoms. The number of anilines is 2. The smallest absolute Gasteiger partial charge is 0.224 e. The van der Waals surface area contributed by atoms with Crippen molar-refractivity contribution < 1.29 is 0 Å². The topological polar surface area (TPSA) is 49.8 Å². The Bertz CT molecular complexity index is 569. The second-order valence-corrected chi connectivity index (χ2v) is 5.11. The Morgan fingerprint density at radius 3 is 2.60 bits per heavy atom. The molecule has 5 heteroatoms. The van der Waals surface area contributed by atoms with Gasteiger partial charge in [-0.1, -0.05) is 23.7 Å². The molecule has 0 saturated heterocycles. The van der Waals surface area contributed by atoms with Gasteiger partial charge in [-0.05, 0) is 38.5 Å². The van der Waals surface area contributed by atoms with Crippen LogP contribution in [0.2, 0.25) is 5.02 Å². The highest BCUT2D eigenvalue weighted by molar-refractivity contribution is 6.30. The molecular formula is C15H19ClN4. The predicted molar refractivity (Wildman–Crippen MR) is 84.4 cm³/mol. The zero-order valence-corrected chi connectivity index (χ0v) is 12.7. The molecule has 2 aromatic rings. The van der Waals surface area contributed by atoms with Crippen molar-refractivity contribution in [2.24, 2.45) is 0 Å². The number of halogens is 1. The fraction of sp³-hybridized carbons (Fsp3) is 0.333. The van der Waals surface area contributed by atoms with Gasteiger partial charge in [-0.25, -0.2) is 4.98 Å². The van der Waals surface area contributed by atoms with Crippen LogP contribution in [0.15, 0.2) is 30.5 Å². The molecule has 1 atom stereocenters. The van der Waals surface area contributed by atoms with Crippen LogP contribution in [0.3, 0.4) is 0 Å². The molecule has 0 saturated carbocycles. The van der Waals surface area contributed by atoms with Gasteiger partial charge in [0.1, 0.15) is 5.82 Å². The molecule has 1 aromatic carbocycles. The second-order valence-electron chi connectivity index (χ2n) is 4.67. The molecule has 106 valence electrons. The molecule has 0 aliphatic heterocycles. The molecule has 0 radical (unpaired) electrons. The predicted octanol–water partition coefficient (Wildman–Crippen LogP) is 4.04. The third kappa shape index (κ3) is 3.61. The first kappa shape index (κ1) is 14.6. The number of rotatable bonds is 5. The summed E-state index contributed by atoms with van der Waals surface area (Å²) in [5.74, 6) is 1.49. The number of nitrogens with zero attached hydrogens (tertiary/aromatic N) is 2. The van der Waals surface area contributed by atoms with Crippen molar-refractivity contribution >= 4 is 23.4 Å². The van der Waals surface area contributed by atoms with E-state index in [1.54, 1.807) is 0 Å². The maximum atomic E-state index is 5.91. The molecule has 0 fully saturated rings. The van der Waals surface area contributed by atoms with E-state index in [0.29, 0.717) is 5.95 Å². The van der Waals surface area contributed by atoms with Gasteiger partial charge in [0.15, 0.2) is 0 Å². The van der Waals surface area contributed by atoms with Gasteiger partial charge in [-0.3, -0.25) is 0 Å². The van der Waals surface area contributed by atoms with Crippen molar-refractivity contribution in [2.75, 3.05) is 17.2 Å². The lowest BCUT2D eigenvalue weighted by Gasteiger charge is -2.17. The van der Waals surface area contributed by atoms with Gasteiger partial charge in [0.05, 0.1) is 0 Å². The monoisotopic (exact) mass is 290 g/mol. The van der Waals surface area contributed by atoms with Crippen LogP contribution < -0.4 is 10.6 Å². The third-order valence-electron chi connectivity index (χ3n) is 3.03. The van der Waals surface area contributed by atoms with E-state index in [-0.39, 0.29) is 6.04 Å². The van der Waals surface area contributed by atoms with Gasteiger partial charge in [-0.15, -0.1) is 0 Å². The summed E-state index contributed by atoms with van der Waals surface area (Å²) in [6, 6.07) is 7.97. The van der Waals surface area contributed by atoms with E-state index in [0.717, 1.165) is 28.5 Å². The molecule has 0 spiro atoms. The van der Waals surface area contributed by atoms with Crippen LogP contribution in [-0.2, 0) is 0 Å². The van der Waals surface area contributed by atoms with Gasteiger partial charge < -0.3 is 10.6 Å². The fourth-order valence-corrected chi connectivity index (χ4v) is 2.00. The number of nitrogens with one attached hydrogen (secondary N) is 2.